The van der Waals surface area contributed by atoms with Crippen molar-refractivity contribution < 1.29 is 14.3 Å². The van der Waals surface area contributed by atoms with Gasteiger partial charge in [-0.15, -0.1) is 0 Å². The maximum absolute atomic E-state index is 11.2. The van der Waals surface area contributed by atoms with Crippen LogP contribution in [-0.4, -0.2) is 13.0 Å². The molecule has 24 heavy (non-hydrogen) atoms. The van der Waals surface area contributed by atoms with Crippen LogP contribution < -0.4 is 15.2 Å². The predicted octanol–water partition coefficient (Wildman–Crippen LogP) is 3.32. The molecule has 0 unspecified atom stereocenters. The first-order valence-corrected chi connectivity index (χ1v) is 7.38. The van der Waals surface area contributed by atoms with Gasteiger partial charge >= 0.3 is 0 Å². The molecule has 0 saturated heterocycles. The fraction of sp³-hybridized carbons (Fsp3) is 0.111. The van der Waals surface area contributed by atoms with Crippen LogP contribution in [0.25, 0.3) is 6.08 Å². The summed E-state index contributed by atoms with van der Waals surface area (Å²) in [5, 5.41) is 9.53. The van der Waals surface area contributed by atoms with E-state index in [-0.39, 0.29) is 12.2 Å². The Kier molecular flexibility index (Phi) is 5.83. The van der Waals surface area contributed by atoms with Crippen molar-refractivity contribution in [2.24, 2.45) is 5.73 Å². The molecule has 0 spiro atoms. The summed E-state index contributed by atoms with van der Waals surface area (Å²) in [5.41, 5.74) is 6.43. The number of carbonyl (C=O) groups excluding carboxylic acids is 1. The van der Waals surface area contributed by atoms with E-state index in [0.717, 1.165) is 5.56 Å². The predicted molar refractivity (Wildman–Crippen MR) is 91.6 cm³/mol. The molecule has 2 aromatic carbocycles. The second kappa shape index (κ2) is 8.04. The third-order valence-corrected chi connectivity index (χ3v) is 3.59. The molecule has 0 aromatic heterocycles. The molecule has 122 valence electrons. The Hall–Kier alpha value is -2.97. The van der Waals surface area contributed by atoms with E-state index in [1.54, 1.807) is 30.3 Å². The molecule has 0 aliphatic carbocycles. The standard InChI is InChI=1S/C18H15ClN2O3/c1-23-16-7-6-12(8-14(10-20)18(21)22)9-17(16)24-11-13-4-2-3-5-15(13)19/h2-9H,11H2,1H3,(H2,21,22). The summed E-state index contributed by atoms with van der Waals surface area (Å²) in [6.45, 7) is 0.254. The number of rotatable bonds is 6. The number of amides is 1. The Morgan fingerprint density at radius 3 is 2.67 bits per heavy atom. The average molecular weight is 343 g/mol. The highest BCUT2D eigenvalue weighted by molar-refractivity contribution is 6.31. The minimum Gasteiger partial charge on any atom is -0.493 e. The molecule has 0 saturated carbocycles. The van der Waals surface area contributed by atoms with Gasteiger partial charge in [0.2, 0.25) is 0 Å². The highest BCUT2D eigenvalue weighted by Gasteiger charge is 2.09. The van der Waals surface area contributed by atoms with Gasteiger partial charge in [0.1, 0.15) is 18.2 Å². The Bertz CT molecular complexity index is 825. The largest absolute Gasteiger partial charge is 0.493 e. The van der Waals surface area contributed by atoms with E-state index in [4.69, 9.17) is 32.1 Å². The number of nitrogens with two attached hydrogens (primary N) is 1. The van der Waals surface area contributed by atoms with Crippen molar-refractivity contribution >= 4 is 23.6 Å². The summed E-state index contributed by atoms with van der Waals surface area (Å²) in [6.07, 6.45) is 1.39. The monoisotopic (exact) mass is 342 g/mol. The molecular formula is C18H15ClN2O3. The van der Waals surface area contributed by atoms with E-state index in [9.17, 15) is 4.79 Å². The second-order valence-electron chi connectivity index (χ2n) is 4.82. The van der Waals surface area contributed by atoms with Gasteiger partial charge in [-0.25, -0.2) is 0 Å². The number of ether oxygens (including phenoxy) is 2. The molecule has 0 radical (unpaired) electrons. The summed E-state index contributed by atoms with van der Waals surface area (Å²) in [4.78, 5) is 11.2. The van der Waals surface area contributed by atoms with E-state index < -0.39 is 5.91 Å². The topological polar surface area (TPSA) is 85.3 Å². The van der Waals surface area contributed by atoms with Crippen molar-refractivity contribution in [1.29, 1.82) is 5.26 Å². The van der Waals surface area contributed by atoms with Gasteiger partial charge in [-0.1, -0.05) is 35.9 Å². The third-order valence-electron chi connectivity index (χ3n) is 3.23. The smallest absolute Gasteiger partial charge is 0.259 e. The Labute approximate surface area is 144 Å². The number of nitriles is 1. The highest BCUT2D eigenvalue weighted by Crippen LogP contribution is 2.30. The summed E-state index contributed by atoms with van der Waals surface area (Å²) < 4.78 is 11.0. The summed E-state index contributed by atoms with van der Waals surface area (Å²) >= 11 is 6.11. The van der Waals surface area contributed by atoms with E-state index in [2.05, 4.69) is 0 Å². The zero-order valence-corrected chi connectivity index (χ0v) is 13.7. The van der Waals surface area contributed by atoms with Gasteiger partial charge in [0, 0.05) is 10.6 Å². The minimum atomic E-state index is -0.785. The molecule has 0 heterocycles. The quantitative estimate of drug-likeness (QED) is 0.644. The van der Waals surface area contributed by atoms with Crippen molar-refractivity contribution in [2.75, 3.05) is 7.11 Å². The summed E-state index contributed by atoms with van der Waals surface area (Å²) in [6, 6.07) is 14.2. The molecule has 2 N–H and O–H groups in total. The van der Waals surface area contributed by atoms with E-state index in [1.165, 1.54) is 13.2 Å². The Balaban J connectivity index is 2.28. The third kappa shape index (κ3) is 4.28. The van der Waals surface area contributed by atoms with Gasteiger partial charge in [0.15, 0.2) is 11.5 Å². The number of halogens is 1. The fourth-order valence-electron chi connectivity index (χ4n) is 1.99. The number of primary amides is 1. The van der Waals surface area contributed by atoms with Gasteiger partial charge in [0.05, 0.1) is 7.11 Å². The average Bonchev–Trinajstić information content (AvgIpc) is 2.58. The molecule has 6 heteroatoms. The zero-order chi connectivity index (χ0) is 17.5. The molecule has 0 aliphatic rings. The Morgan fingerprint density at radius 1 is 1.29 bits per heavy atom. The normalized spacial score (nSPS) is 10.8. The lowest BCUT2D eigenvalue weighted by Crippen LogP contribution is -2.12. The molecule has 0 aliphatic heterocycles. The molecule has 2 rings (SSSR count). The van der Waals surface area contributed by atoms with Crippen LogP contribution in [0.2, 0.25) is 5.02 Å². The van der Waals surface area contributed by atoms with Crippen LogP contribution in [0, 0.1) is 11.3 Å². The van der Waals surface area contributed by atoms with Crippen molar-refractivity contribution in [3.05, 3.63) is 64.2 Å². The number of nitrogens with zero attached hydrogens (tertiary/aromatic N) is 1. The lowest BCUT2D eigenvalue weighted by atomic mass is 10.1. The van der Waals surface area contributed by atoms with E-state index in [1.807, 2.05) is 18.2 Å². The number of hydrogen-bond donors (Lipinski definition) is 1. The van der Waals surface area contributed by atoms with Gasteiger partial charge in [-0.2, -0.15) is 5.26 Å². The van der Waals surface area contributed by atoms with Crippen LogP contribution in [0.1, 0.15) is 11.1 Å². The van der Waals surface area contributed by atoms with Gasteiger partial charge in [-0.3, -0.25) is 4.79 Å². The van der Waals surface area contributed by atoms with Crippen molar-refractivity contribution in [1.82, 2.24) is 0 Å². The van der Waals surface area contributed by atoms with Crippen molar-refractivity contribution in [3.63, 3.8) is 0 Å². The minimum absolute atomic E-state index is 0.141. The number of methoxy groups -OCH3 is 1. The summed E-state index contributed by atoms with van der Waals surface area (Å²) in [5.74, 6) is 0.205. The Morgan fingerprint density at radius 2 is 2.04 bits per heavy atom. The first-order valence-electron chi connectivity index (χ1n) is 7.01. The van der Waals surface area contributed by atoms with E-state index >= 15 is 0 Å². The first-order chi connectivity index (χ1) is 11.5. The van der Waals surface area contributed by atoms with Crippen LogP contribution in [0.4, 0.5) is 0 Å². The van der Waals surface area contributed by atoms with Crippen LogP contribution in [0.3, 0.4) is 0 Å². The molecule has 1 amide bonds. The van der Waals surface area contributed by atoms with Crippen molar-refractivity contribution in [2.45, 2.75) is 6.61 Å². The maximum atomic E-state index is 11.2. The van der Waals surface area contributed by atoms with Crippen molar-refractivity contribution in [3.8, 4) is 17.6 Å². The molecule has 0 bridgehead atoms. The lowest BCUT2D eigenvalue weighted by molar-refractivity contribution is -0.114. The van der Waals surface area contributed by atoms with Crippen LogP contribution in [0.15, 0.2) is 48.0 Å². The zero-order valence-electron chi connectivity index (χ0n) is 13.0. The molecule has 0 atom stereocenters. The molecule has 2 aromatic rings. The van der Waals surface area contributed by atoms with Gasteiger partial charge in [0.25, 0.3) is 5.91 Å². The number of benzene rings is 2. The van der Waals surface area contributed by atoms with Crippen LogP contribution >= 0.6 is 11.6 Å². The van der Waals surface area contributed by atoms with E-state index in [0.29, 0.717) is 22.1 Å². The van der Waals surface area contributed by atoms with Gasteiger partial charge in [-0.05, 0) is 29.8 Å². The van der Waals surface area contributed by atoms with Crippen LogP contribution in [0.5, 0.6) is 11.5 Å². The summed E-state index contributed by atoms with van der Waals surface area (Å²) in [7, 11) is 1.53. The van der Waals surface area contributed by atoms with Crippen LogP contribution in [-0.2, 0) is 11.4 Å². The maximum Gasteiger partial charge on any atom is 0.259 e. The molecular weight excluding hydrogens is 328 g/mol. The molecule has 0 fully saturated rings. The second-order valence-corrected chi connectivity index (χ2v) is 5.23. The lowest BCUT2D eigenvalue weighted by Gasteiger charge is -2.12. The number of hydrogen-bond acceptors (Lipinski definition) is 4. The fourth-order valence-corrected chi connectivity index (χ4v) is 2.18. The highest BCUT2D eigenvalue weighted by atomic mass is 35.5. The first kappa shape index (κ1) is 17.4. The SMILES string of the molecule is COc1ccc(C=C(C#N)C(N)=O)cc1OCc1ccccc1Cl. The molecule has 5 nitrogen and oxygen atoms in total. The number of carbonyl (C=O) groups is 1. The van der Waals surface area contributed by atoms with Gasteiger partial charge < -0.3 is 15.2 Å².